The first-order valence-electron chi connectivity index (χ1n) is 12.6. The monoisotopic (exact) mass is 526 g/mol. The lowest BCUT2D eigenvalue weighted by atomic mass is 9.86. The molecule has 2 aromatic carbocycles. The maximum absolute atomic E-state index is 13.7. The number of nitrogens with one attached hydrogen (secondary N) is 2. The van der Waals surface area contributed by atoms with Crippen LogP contribution < -0.4 is 0 Å². The third-order valence-electron chi connectivity index (χ3n) is 6.96. The van der Waals surface area contributed by atoms with E-state index in [9.17, 15) is 24.9 Å². The van der Waals surface area contributed by atoms with Gasteiger partial charge in [0.05, 0.1) is 17.7 Å². The standard InChI is InChI=1S/C31H30N2O6/c1-16(15-34)12-13-17-8-7-10-18-20(14-32-24(17)18)25(35)28-26(36)23(27(39-28)30(37)38)22-19-9-5-6-11-21(19)33-29(22)31(2,3)4/h5-12,14,32-34,36H,13,15H2,1-4H3,(H,37,38). The summed E-state index contributed by atoms with van der Waals surface area (Å²) in [5.74, 6) is -3.48. The highest BCUT2D eigenvalue weighted by atomic mass is 16.4. The number of aliphatic hydroxyl groups excluding tert-OH is 1. The second kappa shape index (κ2) is 9.63. The fourth-order valence-electron chi connectivity index (χ4n) is 4.97. The summed E-state index contributed by atoms with van der Waals surface area (Å²) < 4.78 is 5.64. The molecular formula is C31H30N2O6. The number of H-pyrrole nitrogens is 2. The van der Waals surface area contributed by atoms with Gasteiger partial charge in [-0.15, -0.1) is 0 Å². The van der Waals surface area contributed by atoms with Crippen LogP contribution in [0.3, 0.4) is 0 Å². The van der Waals surface area contributed by atoms with Crippen molar-refractivity contribution in [1.82, 2.24) is 9.97 Å². The highest BCUT2D eigenvalue weighted by molar-refractivity contribution is 6.18. The molecule has 0 aliphatic carbocycles. The maximum atomic E-state index is 13.7. The molecule has 0 radical (unpaired) electrons. The molecule has 0 aliphatic heterocycles. The number of aliphatic hydroxyl groups is 1. The molecule has 8 nitrogen and oxygen atoms in total. The fourth-order valence-corrected chi connectivity index (χ4v) is 4.97. The van der Waals surface area contributed by atoms with Crippen molar-refractivity contribution < 1.29 is 29.3 Å². The summed E-state index contributed by atoms with van der Waals surface area (Å²) in [7, 11) is 0. The Bertz CT molecular complexity index is 1770. The molecule has 0 saturated carbocycles. The quantitative estimate of drug-likeness (QED) is 0.124. The van der Waals surface area contributed by atoms with Crippen LogP contribution in [-0.2, 0) is 11.8 Å². The van der Waals surface area contributed by atoms with Crippen LogP contribution in [-0.4, -0.2) is 43.6 Å². The summed E-state index contributed by atoms with van der Waals surface area (Å²) in [6.45, 7) is 7.73. The lowest BCUT2D eigenvalue weighted by Gasteiger charge is -2.19. The van der Waals surface area contributed by atoms with Crippen LogP contribution in [0.1, 0.15) is 65.6 Å². The number of para-hydroxylation sites is 2. The fraction of sp³-hybridized carbons (Fsp3) is 0.226. The van der Waals surface area contributed by atoms with Gasteiger partial charge in [0, 0.05) is 44.7 Å². The molecule has 0 fully saturated rings. The van der Waals surface area contributed by atoms with E-state index in [0.717, 1.165) is 22.2 Å². The van der Waals surface area contributed by atoms with Crippen molar-refractivity contribution in [2.24, 2.45) is 0 Å². The van der Waals surface area contributed by atoms with Crippen molar-refractivity contribution in [3.63, 3.8) is 0 Å². The zero-order valence-electron chi connectivity index (χ0n) is 22.2. The topological polar surface area (TPSA) is 140 Å². The minimum Gasteiger partial charge on any atom is -0.504 e. The number of rotatable bonds is 7. The SMILES string of the molecule is CC(=CCc1cccc2c(C(=O)c3oc(C(=O)O)c(-c4c(C(C)(C)C)[nH]c5ccccc45)c3O)c[nH]c12)CO. The molecule has 0 amide bonds. The summed E-state index contributed by atoms with van der Waals surface area (Å²) in [6.07, 6.45) is 4.00. The van der Waals surface area contributed by atoms with Gasteiger partial charge >= 0.3 is 5.97 Å². The largest absolute Gasteiger partial charge is 0.504 e. The number of hydrogen-bond acceptors (Lipinski definition) is 5. The lowest BCUT2D eigenvalue weighted by molar-refractivity contribution is 0.0661. The summed E-state index contributed by atoms with van der Waals surface area (Å²) in [4.78, 5) is 32.6. The smallest absolute Gasteiger partial charge is 0.372 e. The molecule has 3 aromatic heterocycles. The molecule has 0 bridgehead atoms. The van der Waals surface area contributed by atoms with E-state index in [1.807, 2.05) is 70.2 Å². The van der Waals surface area contributed by atoms with Crippen molar-refractivity contribution in [2.45, 2.75) is 39.5 Å². The highest BCUT2D eigenvalue weighted by Crippen LogP contribution is 2.47. The normalized spacial score (nSPS) is 12.5. The van der Waals surface area contributed by atoms with E-state index in [2.05, 4.69) is 9.97 Å². The number of allylic oxidation sites excluding steroid dienone is 1. The van der Waals surface area contributed by atoms with Crippen LogP contribution in [0.5, 0.6) is 5.75 Å². The Kier molecular flexibility index (Phi) is 6.44. The first-order chi connectivity index (χ1) is 18.5. The number of aromatic carboxylic acids is 1. The van der Waals surface area contributed by atoms with Gasteiger partial charge in [-0.2, -0.15) is 0 Å². The van der Waals surface area contributed by atoms with Crippen molar-refractivity contribution in [2.75, 3.05) is 6.61 Å². The van der Waals surface area contributed by atoms with Crippen LogP contribution in [0.4, 0.5) is 0 Å². The Morgan fingerprint density at radius 3 is 2.41 bits per heavy atom. The summed E-state index contributed by atoms with van der Waals surface area (Å²) in [6, 6.07) is 12.9. The van der Waals surface area contributed by atoms with Gasteiger partial charge in [-0.1, -0.05) is 68.8 Å². The number of fused-ring (bicyclic) bond motifs is 2. The Morgan fingerprint density at radius 1 is 1.00 bits per heavy atom. The second-order valence-electron chi connectivity index (χ2n) is 10.7. The van der Waals surface area contributed by atoms with Gasteiger partial charge in [-0.3, -0.25) is 4.79 Å². The second-order valence-corrected chi connectivity index (χ2v) is 10.7. The molecule has 0 atom stereocenters. The van der Waals surface area contributed by atoms with Gasteiger partial charge in [-0.25, -0.2) is 4.79 Å². The number of carboxylic acids is 1. The van der Waals surface area contributed by atoms with E-state index in [-0.39, 0.29) is 17.7 Å². The minimum atomic E-state index is -1.39. The highest BCUT2D eigenvalue weighted by Gasteiger charge is 2.35. The zero-order valence-corrected chi connectivity index (χ0v) is 22.2. The number of aromatic nitrogens is 2. The van der Waals surface area contributed by atoms with Gasteiger partial charge in [0.25, 0.3) is 0 Å². The summed E-state index contributed by atoms with van der Waals surface area (Å²) in [5.41, 5.74) is 4.24. The lowest BCUT2D eigenvalue weighted by Crippen LogP contribution is -2.13. The van der Waals surface area contributed by atoms with E-state index < -0.39 is 34.4 Å². The average molecular weight is 527 g/mol. The number of carbonyl (C=O) groups is 2. The number of furan rings is 1. The predicted octanol–water partition coefficient (Wildman–Crippen LogP) is 6.32. The van der Waals surface area contributed by atoms with Crippen molar-refractivity contribution >= 4 is 33.6 Å². The first-order valence-corrected chi connectivity index (χ1v) is 12.6. The molecule has 8 heteroatoms. The van der Waals surface area contributed by atoms with Crippen molar-refractivity contribution in [3.05, 3.63) is 88.7 Å². The average Bonchev–Trinajstić information content (AvgIpc) is 3.60. The Labute approximate surface area is 224 Å². The van der Waals surface area contributed by atoms with Crippen molar-refractivity contribution in [3.8, 4) is 16.9 Å². The van der Waals surface area contributed by atoms with E-state index in [4.69, 9.17) is 4.42 Å². The van der Waals surface area contributed by atoms with E-state index in [1.54, 1.807) is 6.07 Å². The van der Waals surface area contributed by atoms with Gasteiger partial charge < -0.3 is 29.7 Å². The molecule has 200 valence electrons. The minimum absolute atomic E-state index is 0.0293. The number of aromatic hydroxyl groups is 1. The zero-order chi connectivity index (χ0) is 28.1. The van der Waals surface area contributed by atoms with Gasteiger partial charge in [0.2, 0.25) is 17.3 Å². The van der Waals surface area contributed by atoms with Crippen LogP contribution >= 0.6 is 0 Å². The third kappa shape index (κ3) is 4.42. The van der Waals surface area contributed by atoms with Crippen LogP contribution in [0, 0.1) is 0 Å². The number of carboxylic acid groups (broad SMARTS) is 1. The predicted molar refractivity (Wildman–Crippen MR) is 150 cm³/mol. The van der Waals surface area contributed by atoms with Crippen LogP contribution in [0.2, 0.25) is 0 Å². The molecule has 5 rings (SSSR count). The maximum Gasteiger partial charge on any atom is 0.372 e. The number of carbonyl (C=O) groups excluding carboxylic acids is 1. The number of hydrogen-bond donors (Lipinski definition) is 5. The number of ketones is 1. The number of benzene rings is 2. The molecule has 3 heterocycles. The van der Waals surface area contributed by atoms with Crippen molar-refractivity contribution in [1.29, 1.82) is 0 Å². The van der Waals surface area contributed by atoms with Crippen LogP contribution in [0.15, 0.2) is 64.7 Å². The molecule has 0 spiro atoms. The van der Waals surface area contributed by atoms with E-state index >= 15 is 0 Å². The number of aromatic amines is 2. The third-order valence-corrected chi connectivity index (χ3v) is 6.96. The summed E-state index contributed by atoms with van der Waals surface area (Å²) in [5, 5.41) is 32.1. The van der Waals surface area contributed by atoms with Gasteiger partial charge in [-0.05, 0) is 25.0 Å². The molecule has 39 heavy (non-hydrogen) atoms. The Morgan fingerprint density at radius 2 is 1.72 bits per heavy atom. The van der Waals surface area contributed by atoms with Gasteiger partial charge in [0.1, 0.15) is 0 Å². The van der Waals surface area contributed by atoms with Crippen LogP contribution in [0.25, 0.3) is 32.9 Å². The molecule has 5 aromatic rings. The molecule has 0 unspecified atom stereocenters. The molecule has 5 N–H and O–H groups in total. The summed E-state index contributed by atoms with van der Waals surface area (Å²) >= 11 is 0. The molecular weight excluding hydrogens is 496 g/mol. The molecule has 0 aliphatic rings. The molecule has 0 saturated heterocycles. The Hall–Kier alpha value is -4.56. The van der Waals surface area contributed by atoms with Gasteiger partial charge in [0.15, 0.2) is 5.75 Å². The van der Waals surface area contributed by atoms with E-state index in [0.29, 0.717) is 28.5 Å². The first kappa shape index (κ1) is 26.1. The Balaban J connectivity index is 1.69. The van der Waals surface area contributed by atoms with E-state index in [1.165, 1.54) is 6.20 Å².